The summed E-state index contributed by atoms with van der Waals surface area (Å²) in [5, 5.41) is 12.0. The number of amides is 1. The van der Waals surface area contributed by atoms with E-state index in [1.807, 2.05) is 26.0 Å². The number of hydrogen-bond donors (Lipinski definition) is 1. The predicted octanol–water partition coefficient (Wildman–Crippen LogP) is 3.73. The first-order valence-electron chi connectivity index (χ1n) is 9.83. The minimum Gasteiger partial charge on any atom is -0.448 e. The Morgan fingerprint density at radius 2 is 2.00 bits per heavy atom. The van der Waals surface area contributed by atoms with Crippen LogP contribution in [-0.4, -0.2) is 22.5 Å². The number of nitrogens with zero attached hydrogens (tertiary/aromatic N) is 2. The second-order valence-corrected chi connectivity index (χ2v) is 7.49. The minimum atomic E-state index is -1.08. The Morgan fingerprint density at radius 3 is 2.60 bits per heavy atom. The summed E-state index contributed by atoms with van der Waals surface area (Å²) in [4.78, 5) is 24.6. The number of rotatable bonds is 7. The second kappa shape index (κ2) is 8.95. The average Bonchev–Trinajstić information content (AvgIpc) is 3.50. The molecule has 1 heterocycles. The molecule has 7 heteroatoms. The monoisotopic (exact) mass is 409 g/mol. The molecule has 156 valence electrons. The molecule has 0 unspecified atom stereocenters. The van der Waals surface area contributed by atoms with E-state index < -0.39 is 18.0 Å². The van der Waals surface area contributed by atoms with Crippen LogP contribution in [0.25, 0.3) is 6.08 Å². The zero-order valence-corrected chi connectivity index (χ0v) is 17.2. The molecule has 1 fully saturated rings. The van der Waals surface area contributed by atoms with Crippen molar-refractivity contribution < 1.29 is 18.7 Å². The van der Waals surface area contributed by atoms with Gasteiger partial charge >= 0.3 is 5.97 Å². The largest absolute Gasteiger partial charge is 0.448 e. The standard InChI is InChI=1S/C23H24FN3O3/c1-14-10-18(15(2)27(14)21-8-9-21)11-19(12-25)23(29)30-16(3)22(28)26-13-17-4-6-20(24)7-5-17/h4-7,10-11,16,21H,8-9,13H2,1-3H3,(H,26,28)/b19-11+/t16-/m1/s1. The molecule has 1 atom stereocenters. The van der Waals surface area contributed by atoms with Crippen LogP contribution in [0, 0.1) is 31.0 Å². The van der Waals surface area contributed by atoms with Gasteiger partial charge in [-0.05, 0) is 69.0 Å². The SMILES string of the molecule is Cc1cc(/C=C(\C#N)C(=O)O[C@H](C)C(=O)NCc2ccc(F)cc2)c(C)n1C1CC1. The number of benzene rings is 1. The summed E-state index contributed by atoms with van der Waals surface area (Å²) >= 11 is 0. The maximum absolute atomic E-state index is 12.9. The first-order chi connectivity index (χ1) is 14.3. The molecule has 1 amide bonds. The van der Waals surface area contributed by atoms with E-state index in [1.165, 1.54) is 25.1 Å². The van der Waals surface area contributed by atoms with Crippen molar-refractivity contribution >= 4 is 18.0 Å². The number of esters is 1. The number of hydrogen-bond acceptors (Lipinski definition) is 4. The Kier molecular flexibility index (Phi) is 6.36. The number of ether oxygens (including phenoxy) is 1. The van der Waals surface area contributed by atoms with Crippen molar-refractivity contribution in [2.45, 2.75) is 52.3 Å². The van der Waals surface area contributed by atoms with Crippen LogP contribution in [0.5, 0.6) is 0 Å². The summed E-state index contributed by atoms with van der Waals surface area (Å²) in [5.41, 5.74) is 3.43. The van der Waals surface area contributed by atoms with Crippen molar-refractivity contribution in [3.63, 3.8) is 0 Å². The van der Waals surface area contributed by atoms with Crippen LogP contribution in [0.4, 0.5) is 4.39 Å². The molecule has 1 aromatic carbocycles. The van der Waals surface area contributed by atoms with Crippen molar-refractivity contribution in [1.29, 1.82) is 5.26 Å². The van der Waals surface area contributed by atoms with Gasteiger partial charge in [-0.3, -0.25) is 4.79 Å². The maximum Gasteiger partial charge on any atom is 0.349 e. The first kappa shape index (κ1) is 21.3. The van der Waals surface area contributed by atoms with E-state index in [1.54, 1.807) is 12.1 Å². The van der Waals surface area contributed by atoms with Gasteiger partial charge in [-0.25, -0.2) is 9.18 Å². The third-order valence-corrected chi connectivity index (χ3v) is 5.11. The van der Waals surface area contributed by atoms with Gasteiger partial charge < -0.3 is 14.6 Å². The van der Waals surface area contributed by atoms with Crippen LogP contribution in [0.15, 0.2) is 35.9 Å². The highest BCUT2D eigenvalue weighted by Gasteiger charge is 2.27. The Balaban J connectivity index is 1.62. The van der Waals surface area contributed by atoms with Crippen molar-refractivity contribution in [3.8, 4) is 6.07 Å². The van der Waals surface area contributed by atoms with Gasteiger partial charge in [-0.2, -0.15) is 5.26 Å². The number of aryl methyl sites for hydroxylation is 1. The third kappa shape index (κ3) is 4.95. The lowest BCUT2D eigenvalue weighted by Gasteiger charge is -2.13. The second-order valence-electron chi connectivity index (χ2n) is 7.49. The highest BCUT2D eigenvalue weighted by Crippen LogP contribution is 2.38. The lowest BCUT2D eigenvalue weighted by molar-refractivity contribution is -0.150. The van der Waals surface area contributed by atoms with Crippen LogP contribution < -0.4 is 5.32 Å². The van der Waals surface area contributed by atoms with Gasteiger partial charge in [0.05, 0.1) is 0 Å². The molecule has 2 aromatic rings. The molecule has 1 aliphatic rings. The molecule has 0 saturated heterocycles. The summed E-state index contributed by atoms with van der Waals surface area (Å²) < 4.78 is 20.3. The van der Waals surface area contributed by atoms with Gasteiger partial charge in [0.15, 0.2) is 6.10 Å². The fourth-order valence-corrected chi connectivity index (χ4v) is 3.35. The number of carbonyl (C=O) groups is 2. The molecule has 1 aromatic heterocycles. The molecule has 0 spiro atoms. The summed E-state index contributed by atoms with van der Waals surface area (Å²) in [6.45, 7) is 5.57. The van der Waals surface area contributed by atoms with Crippen LogP contribution in [-0.2, 0) is 20.9 Å². The van der Waals surface area contributed by atoms with Crippen LogP contribution in [0.1, 0.15) is 48.3 Å². The molecule has 1 N–H and O–H groups in total. The summed E-state index contributed by atoms with van der Waals surface area (Å²) in [7, 11) is 0. The Bertz CT molecular complexity index is 1030. The van der Waals surface area contributed by atoms with E-state index in [0.29, 0.717) is 11.6 Å². The van der Waals surface area contributed by atoms with Crippen molar-refractivity contribution in [3.05, 3.63) is 64.2 Å². The van der Waals surface area contributed by atoms with E-state index in [9.17, 15) is 19.2 Å². The fourth-order valence-electron chi connectivity index (χ4n) is 3.35. The summed E-state index contributed by atoms with van der Waals surface area (Å²) in [5.74, 6) is -1.71. The normalized spacial score (nSPS) is 14.7. The fraction of sp³-hybridized carbons (Fsp3) is 0.348. The van der Waals surface area contributed by atoms with Gasteiger partial charge in [-0.1, -0.05) is 12.1 Å². The van der Waals surface area contributed by atoms with E-state index in [2.05, 4.69) is 9.88 Å². The van der Waals surface area contributed by atoms with E-state index in [0.717, 1.165) is 29.8 Å². The van der Waals surface area contributed by atoms with Gasteiger partial charge in [0.25, 0.3) is 5.91 Å². The van der Waals surface area contributed by atoms with Crippen LogP contribution in [0.2, 0.25) is 0 Å². The number of carbonyl (C=O) groups excluding carboxylic acids is 2. The third-order valence-electron chi connectivity index (χ3n) is 5.11. The molecule has 0 bridgehead atoms. The molecule has 1 saturated carbocycles. The van der Waals surface area contributed by atoms with Crippen molar-refractivity contribution in [1.82, 2.24) is 9.88 Å². The van der Waals surface area contributed by atoms with E-state index in [-0.39, 0.29) is 17.9 Å². The quantitative estimate of drug-likeness (QED) is 0.429. The lowest BCUT2D eigenvalue weighted by Crippen LogP contribution is -2.35. The Labute approximate surface area is 175 Å². The summed E-state index contributed by atoms with van der Waals surface area (Å²) in [6, 6.07) is 10.0. The molecule has 1 aliphatic carbocycles. The lowest BCUT2D eigenvalue weighted by atomic mass is 10.1. The van der Waals surface area contributed by atoms with Gasteiger partial charge in [0.2, 0.25) is 0 Å². The minimum absolute atomic E-state index is 0.163. The molecular weight excluding hydrogens is 385 g/mol. The number of aromatic nitrogens is 1. The molecule has 6 nitrogen and oxygen atoms in total. The molecule has 0 aliphatic heterocycles. The van der Waals surface area contributed by atoms with Gasteiger partial charge in [0, 0.05) is 24.0 Å². The van der Waals surface area contributed by atoms with E-state index in [4.69, 9.17) is 4.74 Å². The molecular formula is C23H24FN3O3. The number of nitriles is 1. The van der Waals surface area contributed by atoms with Crippen LogP contribution >= 0.6 is 0 Å². The first-order valence-corrected chi connectivity index (χ1v) is 9.83. The van der Waals surface area contributed by atoms with Gasteiger partial charge in [0.1, 0.15) is 17.5 Å². The average molecular weight is 409 g/mol. The highest BCUT2D eigenvalue weighted by molar-refractivity contribution is 5.99. The topological polar surface area (TPSA) is 84.1 Å². The van der Waals surface area contributed by atoms with Crippen molar-refractivity contribution in [2.75, 3.05) is 0 Å². The molecule has 0 radical (unpaired) electrons. The summed E-state index contributed by atoms with van der Waals surface area (Å²) in [6.07, 6.45) is 2.70. The maximum atomic E-state index is 12.9. The van der Waals surface area contributed by atoms with E-state index >= 15 is 0 Å². The zero-order valence-electron chi connectivity index (χ0n) is 17.2. The number of halogens is 1. The predicted molar refractivity (Wildman–Crippen MR) is 110 cm³/mol. The van der Waals surface area contributed by atoms with Gasteiger partial charge in [-0.15, -0.1) is 0 Å². The number of nitrogens with one attached hydrogen (secondary N) is 1. The zero-order chi connectivity index (χ0) is 21.8. The van der Waals surface area contributed by atoms with Crippen LogP contribution in [0.3, 0.4) is 0 Å². The Hall–Kier alpha value is -3.40. The smallest absolute Gasteiger partial charge is 0.349 e. The molecule has 3 rings (SSSR count). The highest BCUT2D eigenvalue weighted by atomic mass is 19.1. The Morgan fingerprint density at radius 1 is 1.33 bits per heavy atom. The van der Waals surface area contributed by atoms with Crippen molar-refractivity contribution in [2.24, 2.45) is 0 Å². The molecule has 30 heavy (non-hydrogen) atoms.